The highest BCUT2D eigenvalue weighted by Crippen LogP contribution is 2.51. The molecule has 0 unspecified atom stereocenters. The third-order valence-corrected chi connectivity index (χ3v) is 7.66. The summed E-state index contributed by atoms with van der Waals surface area (Å²) < 4.78 is 34.0. The Hall–Kier alpha value is -4.38. The van der Waals surface area contributed by atoms with Crippen LogP contribution in [0.1, 0.15) is 21.5 Å². The topological polar surface area (TPSA) is 105 Å². The lowest BCUT2D eigenvalue weighted by Crippen LogP contribution is -2.24. The minimum Gasteiger partial charge on any atom is -0.492 e. The zero-order valence-corrected chi connectivity index (χ0v) is 23.3. The van der Waals surface area contributed by atoms with E-state index in [0.717, 1.165) is 15.6 Å². The van der Waals surface area contributed by atoms with Gasteiger partial charge < -0.3 is 38.6 Å². The summed E-state index contributed by atoms with van der Waals surface area (Å²) in [6.07, 6.45) is 2.51. The number of nitrogens with zero attached hydrogens (tertiary/aromatic N) is 1. The summed E-state index contributed by atoms with van der Waals surface area (Å²) >= 11 is 3.65. The number of ether oxygens (including phenoxy) is 6. The Morgan fingerprint density at radius 2 is 1.75 bits per heavy atom. The quantitative estimate of drug-likeness (QED) is 0.384. The van der Waals surface area contributed by atoms with Gasteiger partial charge in [0.05, 0.1) is 17.3 Å². The Morgan fingerprint density at radius 1 is 1.00 bits per heavy atom. The van der Waals surface area contributed by atoms with Gasteiger partial charge in [0.1, 0.15) is 5.75 Å². The maximum absolute atomic E-state index is 13.6. The molecule has 0 saturated carbocycles. The van der Waals surface area contributed by atoms with E-state index in [1.807, 2.05) is 18.0 Å². The molecule has 11 heteroatoms. The van der Waals surface area contributed by atoms with Crippen LogP contribution in [-0.2, 0) is 11.2 Å². The highest BCUT2D eigenvalue weighted by molar-refractivity contribution is 9.10. The zero-order chi connectivity index (χ0) is 27.8. The van der Waals surface area contributed by atoms with E-state index < -0.39 is 0 Å². The van der Waals surface area contributed by atoms with E-state index in [0.29, 0.717) is 64.4 Å². The fourth-order valence-corrected chi connectivity index (χ4v) is 5.48. The second kappa shape index (κ2) is 10.6. The molecular weight excluding hydrogens is 584 g/mol. The summed E-state index contributed by atoms with van der Waals surface area (Å²) in [6, 6.07) is 11.9. The van der Waals surface area contributed by atoms with E-state index in [2.05, 4.69) is 21.2 Å². The van der Waals surface area contributed by atoms with Crippen LogP contribution >= 0.6 is 15.9 Å². The molecule has 3 heterocycles. The molecule has 1 N–H and O–H groups in total. The molecule has 3 aliphatic rings. The summed E-state index contributed by atoms with van der Waals surface area (Å²) in [6.45, 7) is 0.698. The summed E-state index contributed by atoms with van der Waals surface area (Å²) in [5.74, 6) is 2.88. The van der Waals surface area contributed by atoms with Crippen molar-refractivity contribution in [2.24, 2.45) is 0 Å². The summed E-state index contributed by atoms with van der Waals surface area (Å²) in [7, 11) is 3.45. The van der Waals surface area contributed by atoms with Gasteiger partial charge in [0, 0.05) is 36.5 Å². The van der Waals surface area contributed by atoms with Crippen molar-refractivity contribution >= 4 is 39.4 Å². The Kier molecular flexibility index (Phi) is 6.89. The number of fused-ring (bicyclic) bond motifs is 3. The zero-order valence-electron chi connectivity index (χ0n) is 21.7. The van der Waals surface area contributed by atoms with E-state index >= 15 is 0 Å². The maximum Gasteiger partial charge on any atom is 0.262 e. The molecule has 0 radical (unpaired) electrons. The fraction of sp³-hybridized carbons (Fsp3) is 0.241. The number of benzene rings is 3. The van der Waals surface area contributed by atoms with Gasteiger partial charge in [0.15, 0.2) is 29.6 Å². The van der Waals surface area contributed by atoms with Gasteiger partial charge in [0.2, 0.25) is 25.1 Å². The molecule has 0 bridgehead atoms. The molecule has 3 aliphatic heterocycles. The molecule has 0 spiro atoms. The number of methoxy groups -OCH3 is 1. The van der Waals surface area contributed by atoms with Crippen LogP contribution in [0.15, 0.2) is 52.6 Å². The van der Waals surface area contributed by atoms with E-state index in [4.69, 9.17) is 28.4 Å². The largest absolute Gasteiger partial charge is 0.492 e. The van der Waals surface area contributed by atoms with Gasteiger partial charge in [-0.05, 0) is 70.4 Å². The number of likely N-dealkylation sites (N-methyl/N-ethyl adjacent to an activating group) is 1. The number of halogens is 1. The summed E-state index contributed by atoms with van der Waals surface area (Å²) in [4.78, 5) is 28.0. The van der Waals surface area contributed by atoms with Crippen molar-refractivity contribution in [3.05, 3.63) is 69.3 Å². The van der Waals surface area contributed by atoms with Gasteiger partial charge in [0.25, 0.3) is 5.91 Å². The maximum atomic E-state index is 13.6. The van der Waals surface area contributed by atoms with Crippen LogP contribution in [0.5, 0.6) is 34.5 Å². The van der Waals surface area contributed by atoms with Crippen LogP contribution in [0, 0.1) is 0 Å². The first kappa shape index (κ1) is 25.9. The van der Waals surface area contributed by atoms with Crippen LogP contribution < -0.4 is 33.7 Å². The van der Waals surface area contributed by atoms with Gasteiger partial charge >= 0.3 is 0 Å². The van der Waals surface area contributed by atoms with Crippen molar-refractivity contribution in [2.75, 3.05) is 46.2 Å². The number of carbonyl (C=O) groups excluding carboxylic acids is 2. The smallest absolute Gasteiger partial charge is 0.262 e. The Morgan fingerprint density at radius 3 is 2.55 bits per heavy atom. The number of rotatable bonds is 7. The van der Waals surface area contributed by atoms with E-state index in [9.17, 15) is 9.59 Å². The Labute approximate surface area is 238 Å². The number of hydrogen-bond donors (Lipinski definition) is 1. The van der Waals surface area contributed by atoms with Gasteiger partial charge in [-0.3, -0.25) is 9.59 Å². The Balaban J connectivity index is 1.16. The van der Waals surface area contributed by atoms with Crippen molar-refractivity contribution in [3.8, 4) is 34.5 Å². The van der Waals surface area contributed by atoms with Crippen molar-refractivity contribution < 1.29 is 38.0 Å². The molecule has 0 atom stereocenters. The van der Waals surface area contributed by atoms with Crippen molar-refractivity contribution in [1.82, 2.24) is 4.90 Å². The molecule has 6 rings (SSSR count). The molecule has 0 aromatic heterocycles. The van der Waals surface area contributed by atoms with Gasteiger partial charge in [-0.1, -0.05) is 0 Å². The molecule has 0 aliphatic carbocycles. The first-order valence-corrected chi connectivity index (χ1v) is 13.3. The number of nitrogens with one attached hydrogen (secondary N) is 1. The summed E-state index contributed by atoms with van der Waals surface area (Å²) in [5, 5.41) is 2.78. The predicted octanol–water partition coefficient (Wildman–Crippen LogP) is 4.64. The molecule has 0 saturated heterocycles. The van der Waals surface area contributed by atoms with Crippen LogP contribution in [0.25, 0.3) is 6.08 Å². The van der Waals surface area contributed by atoms with Gasteiger partial charge in [-0.25, -0.2) is 0 Å². The lowest BCUT2D eigenvalue weighted by molar-refractivity contribution is -0.118. The summed E-state index contributed by atoms with van der Waals surface area (Å²) in [5.41, 5.74) is 3.30. The van der Waals surface area contributed by atoms with Crippen molar-refractivity contribution in [1.29, 1.82) is 0 Å². The average molecular weight is 609 g/mol. The number of ketones is 1. The highest BCUT2D eigenvalue weighted by Gasteiger charge is 2.31. The van der Waals surface area contributed by atoms with E-state index in [1.165, 1.54) is 0 Å². The van der Waals surface area contributed by atoms with Crippen LogP contribution in [0.4, 0.5) is 5.69 Å². The molecule has 3 aromatic carbocycles. The molecular formula is C29H25BrN2O8. The number of amides is 1. The Bertz CT molecular complexity index is 1540. The molecule has 3 aromatic rings. The molecule has 1 amide bonds. The normalized spacial score (nSPS) is 14.7. The van der Waals surface area contributed by atoms with E-state index in [1.54, 1.807) is 49.6 Å². The first-order chi connectivity index (χ1) is 19.4. The molecule has 206 valence electrons. The van der Waals surface area contributed by atoms with Crippen molar-refractivity contribution in [3.63, 3.8) is 0 Å². The monoisotopic (exact) mass is 608 g/mol. The van der Waals surface area contributed by atoms with Crippen LogP contribution in [0.2, 0.25) is 0 Å². The predicted molar refractivity (Wildman–Crippen MR) is 149 cm³/mol. The second-order valence-electron chi connectivity index (χ2n) is 9.26. The molecule has 10 nitrogen and oxygen atoms in total. The lowest BCUT2D eigenvalue weighted by Gasteiger charge is -2.20. The second-order valence-corrected chi connectivity index (χ2v) is 10.1. The number of carbonyl (C=O) groups is 2. The lowest BCUT2D eigenvalue weighted by atomic mass is 10.0. The number of hydrogen-bond acceptors (Lipinski definition) is 9. The first-order valence-electron chi connectivity index (χ1n) is 12.5. The number of anilines is 1. The molecule has 0 fully saturated rings. The third-order valence-electron chi connectivity index (χ3n) is 6.82. The standard InChI is InChI=1S/C29H25BrN2O8/c1-32-10-9-19-20(27(35-2)29-28(25(19)30)39-15-40-29)12-21(32)26(34)16-3-5-17(6-4-16)31-24(33)13-36-18-7-8-22-23(11-18)38-14-37-22/h3-8,11-12H,9-10,13-15H2,1-2H3,(H,31,33). The fourth-order valence-electron chi connectivity index (χ4n) is 4.78. The third kappa shape index (κ3) is 4.77. The number of Topliss-reactive ketones (excluding diaryl/α,β-unsaturated/α-hetero) is 1. The average Bonchev–Trinajstić information content (AvgIpc) is 3.61. The van der Waals surface area contributed by atoms with Gasteiger partial charge in [-0.2, -0.15) is 0 Å². The van der Waals surface area contributed by atoms with Gasteiger partial charge in [-0.15, -0.1) is 0 Å². The molecule has 40 heavy (non-hydrogen) atoms. The van der Waals surface area contributed by atoms with Crippen LogP contribution in [-0.4, -0.2) is 57.5 Å². The van der Waals surface area contributed by atoms with E-state index in [-0.39, 0.29) is 31.9 Å². The van der Waals surface area contributed by atoms with Crippen LogP contribution in [0.3, 0.4) is 0 Å². The number of allylic oxidation sites excluding steroid dienone is 1. The highest BCUT2D eigenvalue weighted by atomic mass is 79.9. The minimum atomic E-state index is -0.337. The minimum absolute atomic E-state index is 0.107. The van der Waals surface area contributed by atoms with Crippen molar-refractivity contribution in [2.45, 2.75) is 6.42 Å². The SMILES string of the molecule is COc1c2c(c(Br)c3c1OCO3)CCN(C)C(C(=O)c1ccc(NC(=O)COc3ccc4c(c3)OCO4)cc1)=C2.